The van der Waals surface area contributed by atoms with Crippen LogP contribution in [0.2, 0.25) is 0 Å². The maximum atomic E-state index is 13.0. The minimum atomic E-state index is -0.401. The van der Waals surface area contributed by atoms with Gasteiger partial charge in [0.15, 0.2) is 10.8 Å². The lowest BCUT2D eigenvalue weighted by molar-refractivity contribution is 0.102. The highest BCUT2D eigenvalue weighted by atomic mass is 32.1. The average molecular weight is 470 g/mol. The Hall–Kier alpha value is -4.04. The molecule has 1 amide bonds. The zero-order valence-electron chi connectivity index (χ0n) is 19.1. The van der Waals surface area contributed by atoms with Crippen molar-refractivity contribution in [2.45, 2.75) is 20.4 Å². The fraction of sp³-hybridized carbons (Fsp3) is 0.154. The van der Waals surface area contributed by atoms with Crippen LogP contribution >= 0.6 is 11.3 Å². The number of aromatic nitrogens is 4. The van der Waals surface area contributed by atoms with E-state index in [1.807, 2.05) is 23.6 Å². The number of carbonyl (C=O) groups is 1. The largest absolute Gasteiger partial charge is 0.344 e. The van der Waals surface area contributed by atoms with Gasteiger partial charge in [0.05, 0.1) is 11.1 Å². The van der Waals surface area contributed by atoms with Crippen molar-refractivity contribution in [3.8, 4) is 11.3 Å². The maximum absolute atomic E-state index is 13.0. The van der Waals surface area contributed by atoms with Gasteiger partial charge in [-0.2, -0.15) is 5.10 Å². The van der Waals surface area contributed by atoms with Crippen LogP contribution in [-0.2, 0) is 13.6 Å². The Labute approximate surface area is 200 Å². The molecule has 0 aliphatic rings. The summed E-state index contributed by atoms with van der Waals surface area (Å²) in [4.78, 5) is 30.1. The fourth-order valence-electron chi connectivity index (χ4n) is 4.15. The van der Waals surface area contributed by atoms with E-state index in [0.29, 0.717) is 15.9 Å². The first-order chi connectivity index (χ1) is 16.4. The number of thiazole rings is 1. The minimum Gasteiger partial charge on any atom is -0.344 e. The molecule has 8 heteroatoms. The summed E-state index contributed by atoms with van der Waals surface area (Å²) in [5, 5.41) is 10.4. The molecule has 0 aliphatic heterocycles. The first kappa shape index (κ1) is 21.8. The number of amides is 1. The fourth-order valence-corrected chi connectivity index (χ4v) is 4.85. The van der Waals surface area contributed by atoms with E-state index in [0.717, 1.165) is 29.2 Å². The molecule has 5 aromatic rings. The van der Waals surface area contributed by atoms with Crippen molar-refractivity contribution in [3.63, 3.8) is 0 Å². The second-order valence-corrected chi connectivity index (χ2v) is 9.03. The number of fused-ring (bicyclic) bond motifs is 1. The number of nitrogens with zero attached hydrogens (tertiary/aromatic N) is 4. The van der Waals surface area contributed by atoms with Crippen LogP contribution < -0.4 is 10.9 Å². The summed E-state index contributed by atoms with van der Waals surface area (Å²) in [6.45, 7) is 4.96. The summed E-state index contributed by atoms with van der Waals surface area (Å²) >= 11 is 1.36. The Morgan fingerprint density at radius 2 is 1.74 bits per heavy atom. The molecule has 0 saturated heterocycles. The van der Waals surface area contributed by atoms with Gasteiger partial charge < -0.3 is 4.57 Å². The number of nitrogens with one attached hydrogen (secondary N) is 1. The lowest BCUT2D eigenvalue weighted by atomic mass is 10.1. The lowest BCUT2D eigenvalue weighted by Crippen LogP contribution is -2.25. The summed E-state index contributed by atoms with van der Waals surface area (Å²) in [5.41, 5.74) is 5.30. The standard InChI is InChI=1S/C26H23N5O2S/c1-16-13-21(17(2)31(16)14-18-9-5-4-6-10-18)22-15-34-26(27-22)28-24(32)23-19-11-7-8-12-20(19)25(33)30(3)29-23/h4-13,15H,14H2,1-3H3,(H,27,28,32). The van der Waals surface area contributed by atoms with Crippen molar-refractivity contribution >= 4 is 33.1 Å². The van der Waals surface area contributed by atoms with Crippen LogP contribution in [0.3, 0.4) is 0 Å². The summed E-state index contributed by atoms with van der Waals surface area (Å²) in [5.74, 6) is -0.401. The van der Waals surface area contributed by atoms with Crippen LogP contribution in [0.1, 0.15) is 27.4 Å². The molecule has 0 unspecified atom stereocenters. The van der Waals surface area contributed by atoms with Crippen molar-refractivity contribution in [3.05, 3.63) is 99.0 Å². The molecular formula is C26H23N5O2S. The minimum absolute atomic E-state index is 0.190. The van der Waals surface area contributed by atoms with Crippen molar-refractivity contribution in [1.29, 1.82) is 0 Å². The van der Waals surface area contributed by atoms with E-state index in [1.165, 1.54) is 28.6 Å². The first-order valence-corrected chi connectivity index (χ1v) is 11.7. The molecule has 170 valence electrons. The third kappa shape index (κ3) is 3.92. The molecule has 0 radical (unpaired) electrons. The molecular weight excluding hydrogens is 446 g/mol. The van der Waals surface area contributed by atoms with Gasteiger partial charge in [0, 0.05) is 41.3 Å². The van der Waals surface area contributed by atoms with Gasteiger partial charge in [-0.25, -0.2) is 9.67 Å². The van der Waals surface area contributed by atoms with E-state index >= 15 is 0 Å². The van der Waals surface area contributed by atoms with Gasteiger partial charge >= 0.3 is 0 Å². The average Bonchev–Trinajstić information content (AvgIpc) is 3.41. The first-order valence-electron chi connectivity index (χ1n) is 10.9. The van der Waals surface area contributed by atoms with E-state index < -0.39 is 5.91 Å². The van der Waals surface area contributed by atoms with E-state index in [2.05, 4.69) is 52.0 Å². The van der Waals surface area contributed by atoms with Gasteiger partial charge in [-0.3, -0.25) is 14.9 Å². The second-order valence-electron chi connectivity index (χ2n) is 8.17. The summed E-state index contributed by atoms with van der Waals surface area (Å²) in [6, 6.07) is 19.4. The normalized spacial score (nSPS) is 11.1. The number of benzene rings is 2. The molecule has 0 spiro atoms. The molecule has 3 aromatic heterocycles. The molecule has 3 heterocycles. The van der Waals surface area contributed by atoms with Crippen molar-refractivity contribution in [2.24, 2.45) is 7.05 Å². The molecule has 1 N–H and O–H groups in total. The van der Waals surface area contributed by atoms with E-state index in [-0.39, 0.29) is 11.3 Å². The van der Waals surface area contributed by atoms with Gasteiger partial charge in [-0.1, -0.05) is 48.5 Å². The molecule has 7 nitrogen and oxygen atoms in total. The monoisotopic (exact) mass is 469 g/mol. The van der Waals surface area contributed by atoms with Gasteiger partial charge in [-0.15, -0.1) is 11.3 Å². The molecule has 0 fully saturated rings. The van der Waals surface area contributed by atoms with Crippen molar-refractivity contribution < 1.29 is 4.79 Å². The highest BCUT2D eigenvalue weighted by molar-refractivity contribution is 7.14. The quantitative estimate of drug-likeness (QED) is 0.402. The molecule has 0 atom stereocenters. The van der Waals surface area contributed by atoms with E-state index in [1.54, 1.807) is 24.3 Å². The highest BCUT2D eigenvalue weighted by Gasteiger charge is 2.18. The van der Waals surface area contributed by atoms with Crippen LogP contribution in [0.4, 0.5) is 5.13 Å². The number of aryl methyl sites for hydroxylation is 2. The highest BCUT2D eigenvalue weighted by Crippen LogP contribution is 2.30. The van der Waals surface area contributed by atoms with Crippen LogP contribution in [0.5, 0.6) is 0 Å². The predicted octanol–water partition coefficient (Wildman–Crippen LogP) is 4.78. The smallest absolute Gasteiger partial charge is 0.278 e. The van der Waals surface area contributed by atoms with Crippen molar-refractivity contribution in [1.82, 2.24) is 19.3 Å². The number of carbonyl (C=O) groups excluding carboxylic acids is 1. The molecule has 0 saturated carbocycles. The number of hydrogen-bond acceptors (Lipinski definition) is 5. The summed E-state index contributed by atoms with van der Waals surface area (Å²) in [7, 11) is 1.54. The van der Waals surface area contributed by atoms with E-state index in [9.17, 15) is 9.59 Å². The molecule has 2 aromatic carbocycles. The third-order valence-electron chi connectivity index (χ3n) is 5.93. The molecule has 34 heavy (non-hydrogen) atoms. The van der Waals surface area contributed by atoms with Crippen LogP contribution in [0.25, 0.3) is 22.0 Å². The Bertz CT molecular complexity index is 1580. The van der Waals surface area contributed by atoms with Crippen molar-refractivity contribution in [2.75, 3.05) is 5.32 Å². The van der Waals surface area contributed by atoms with Crippen LogP contribution in [0, 0.1) is 13.8 Å². The third-order valence-corrected chi connectivity index (χ3v) is 6.69. The Morgan fingerprint density at radius 3 is 2.50 bits per heavy atom. The van der Waals surface area contributed by atoms with Crippen LogP contribution in [0.15, 0.2) is 70.8 Å². The summed E-state index contributed by atoms with van der Waals surface area (Å²) in [6.07, 6.45) is 0. The predicted molar refractivity (Wildman–Crippen MR) is 135 cm³/mol. The Morgan fingerprint density at radius 1 is 1.03 bits per heavy atom. The van der Waals surface area contributed by atoms with Gasteiger partial charge in [0.2, 0.25) is 0 Å². The SMILES string of the molecule is Cc1cc(-c2csc(NC(=O)c3nn(C)c(=O)c4ccccc34)n2)c(C)n1Cc1ccccc1. The zero-order chi connectivity index (χ0) is 23.8. The van der Waals surface area contributed by atoms with Gasteiger partial charge in [0.25, 0.3) is 11.5 Å². The lowest BCUT2D eigenvalue weighted by Gasteiger charge is -2.09. The number of hydrogen-bond donors (Lipinski definition) is 1. The van der Waals surface area contributed by atoms with Gasteiger partial charge in [0.1, 0.15) is 0 Å². The second kappa shape index (κ2) is 8.72. The van der Waals surface area contributed by atoms with E-state index in [4.69, 9.17) is 0 Å². The molecule has 0 bridgehead atoms. The number of anilines is 1. The van der Waals surface area contributed by atoms with Crippen LogP contribution in [-0.4, -0.2) is 25.2 Å². The molecule has 0 aliphatic carbocycles. The number of rotatable bonds is 5. The maximum Gasteiger partial charge on any atom is 0.278 e. The zero-order valence-corrected chi connectivity index (χ0v) is 19.9. The Balaban J connectivity index is 1.42. The topological polar surface area (TPSA) is 81.8 Å². The van der Waals surface area contributed by atoms with Gasteiger partial charge in [-0.05, 0) is 31.5 Å². The Kier molecular flexibility index (Phi) is 5.59. The molecule has 5 rings (SSSR count). The summed E-state index contributed by atoms with van der Waals surface area (Å²) < 4.78 is 3.45.